The molecular formula is C28H26N4O4S. The molecule has 1 amide bonds. The third-order valence-electron chi connectivity index (χ3n) is 6.26. The van der Waals surface area contributed by atoms with Gasteiger partial charge >= 0.3 is 0 Å². The molecule has 1 fully saturated rings. The van der Waals surface area contributed by atoms with Crippen LogP contribution in [0.3, 0.4) is 0 Å². The number of amidine groups is 1. The predicted octanol–water partition coefficient (Wildman–Crippen LogP) is 5.27. The molecule has 3 aromatic rings. The molecule has 8 nitrogen and oxygen atoms in total. The van der Waals surface area contributed by atoms with Gasteiger partial charge in [0.1, 0.15) is 12.4 Å². The fourth-order valence-electron chi connectivity index (χ4n) is 4.21. The van der Waals surface area contributed by atoms with Crippen LogP contribution in [0.15, 0.2) is 82.7 Å². The second kappa shape index (κ2) is 10.9. The molecular weight excluding hydrogens is 488 g/mol. The summed E-state index contributed by atoms with van der Waals surface area (Å²) in [6.07, 6.45) is 1.85. The van der Waals surface area contributed by atoms with E-state index in [-0.39, 0.29) is 11.6 Å². The number of rotatable bonds is 6. The molecule has 0 radical (unpaired) electrons. The lowest BCUT2D eigenvalue weighted by Gasteiger charge is -2.36. The first-order valence-electron chi connectivity index (χ1n) is 12.0. The molecule has 3 aromatic carbocycles. The molecule has 0 bridgehead atoms. The number of nitrogens with zero attached hydrogens (tertiary/aromatic N) is 4. The Balaban J connectivity index is 1.14. The molecule has 9 heteroatoms. The number of benzene rings is 3. The van der Waals surface area contributed by atoms with Crippen molar-refractivity contribution in [3.63, 3.8) is 0 Å². The van der Waals surface area contributed by atoms with Gasteiger partial charge in [0, 0.05) is 44.0 Å². The molecule has 5 rings (SSSR count). The third-order valence-corrected chi connectivity index (χ3v) is 7.30. The van der Waals surface area contributed by atoms with Crippen LogP contribution < -0.4 is 9.64 Å². The summed E-state index contributed by atoms with van der Waals surface area (Å²) < 4.78 is 5.79. The minimum atomic E-state index is -0.425. The Hall–Kier alpha value is -4.11. The second-order valence-electron chi connectivity index (χ2n) is 8.90. The fraction of sp³-hybridized carbons (Fsp3) is 0.214. The van der Waals surface area contributed by atoms with Crippen molar-refractivity contribution in [2.45, 2.75) is 13.5 Å². The largest absolute Gasteiger partial charge is 0.489 e. The Morgan fingerprint density at radius 3 is 2.38 bits per heavy atom. The van der Waals surface area contributed by atoms with Gasteiger partial charge in [0.25, 0.3) is 11.6 Å². The van der Waals surface area contributed by atoms with E-state index in [0.29, 0.717) is 17.3 Å². The molecule has 2 aliphatic rings. The Labute approximate surface area is 219 Å². The van der Waals surface area contributed by atoms with Crippen molar-refractivity contribution in [2.75, 3.05) is 31.1 Å². The highest BCUT2D eigenvalue weighted by atomic mass is 32.2. The van der Waals surface area contributed by atoms with E-state index in [1.807, 2.05) is 30.3 Å². The fourth-order valence-corrected chi connectivity index (χ4v) is 5.17. The maximum atomic E-state index is 12.6. The molecule has 0 saturated carbocycles. The number of carbonyl (C=O) groups excluding carboxylic acids is 1. The highest BCUT2D eigenvalue weighted by Gasteiger charge is 2.28. The van der Waals surface area contributed by atoms with Crippen LogP contribution in [0.5, 0.6) is 5.75 Å². The van der Waals surface area contributed by atoms with Crippen molar-refractivity contribution in [1.29, 1.82) is 0 Å². The van der Waals surface area contributed by atoms with Gasteiger partial charge in [-0.05, 0) is 77.9 Å². The van der Waals surface area contributed by atoms with Crippen molar-refractivity contribution < 1.29 is 14.5 Å². The summed E-state index contributed by atoms with van der Waals surface area (Å²) in [7, 11) is 0. The Bertz CT molecular complexity index is 1360. The minimum absolute atomic E-state index is 0.0529. The Morgan fingerprint density at radius 1 is 1.00 bits per heavy atom. The number of non-ortho nitro benzene ring substituents is 1. The second-order valence-corrected chi connectivity index (χ2v) is 9.91. The van der Waals surface area contributed by atoms with E-state index in [1.54, 1.807) is 12.1 Å². The van der Waals surface area contributed by atoms with E-state index < -0.39 is 4.92 Å². The van der Waals surface area contributed by atoms with Crippen molar-refractivity contribution >= 4 is 40.3 Å². The normalized spacial score (nSPS) is 16.7. The Kier molecular flexibility index (Phi) is 7.23. The van der Waals surface area contributed by atoms with Gasteiger partial charge in [-0.25, -0.2) is 0 Å². The van der Waals surface area contributed by atoms with Crippen LogP contribution in [0.1, 0.15) is 16.7 Å². The zero-order chi connectivity index (χ0) is 25.8. The van der Waals surface area contributed by atoms with Crippen LogP contribution in [0.25, 0.3) is 6.08 Å². The van der Waals surface area contributed by atoms with Gasteiger partial charge in [0.15, 0.2) is 5.17 Å². The van der Waals surface area contributed by atoms with Gasteiger partial charge < -0.3 is 14.5 Å². The number of aryl methyl sites for hydroxylation is 1. The molecule has 0 N–H and O–H groups in total. The van der Waals surface area contributed by atoms with Gasteiger partial charge in [0.05, 0.1) is 9.83 Å². The molecule has 188 valence electrons. The molecule has 37 heavy (non-hydrogen) atoms. The third kappa shape index (κ3) is 6.00. The van der Waals surface area contributed by atoms with E-state index in [1.165, 1.54) is 35.1 Å². The van der Waals surface area contributed by atoms with Gasteiger partial charge in [-0.2, -0.15) is 4.99 Å². The average molecular weight is 515 g/mol. The highest BCUT2D eigenvalue weighted by Crippen LogP contribution is 2.31. The summed E-state index contributed by atoms with van der Waals surface area (Å²) in [6.45, 7) is 5.82. The SMILES string of the molecule is Cc1cccc(N2CCN(C3=NC(=O)C(=Cc4ccc(OCc5ccc([N+](=O)[O-])cc5)cc4)S3)CC2)c1. The maximum absolute atomic E-state index is 12.6. The standard InChI is InChI=1S/C28H26N4O4S/c1-20-3-2-4-24(17-20)30-13-15-31(16-14-30)28-29-27(33)26(37-28)18-21-7-11-25(12-8-21)36-19-22-5-9-23(10-6-22)32(34)35/h2-12,17-18H,13-16,19H2,1H3. The average Bonchev–Trinajstić information content (AvgIpc) is 3.28. The number of piperazine rings is 1. The summed E-state index contributed by atoms with van der Waals surface area (Å²) in [5.74, 6) is 0.467. The van der Waals surface area contributed by atoms with Gasteiger partial charge in [-0.1, -0.05) is 24.3 Å². The molecule has 0 unspecified atom stereocenters. The number of hydrogen-bond donors (Lipinski definition) is 0. The highest BCUT2D eigenvalue weighted by molar-refractivity contribution is 8.18. The summed E-state index contributed by atoms with van der Waals surface area (Å²) in [4.78, 5) is 32.4. The maximum Gasteiger partial charge on any atom is 0.286 e. The summed E-state index contributed by atoms with van der Waals surface area (Å²) in [6, 6.07) is 22.3. The monoisotopic (exact) mass is 514 g/mol. The van der Waals surface area contributed by atoms with Crippen LogP contribution in [-0.2, 0) is 11.4 Å². The molecule has 2 aliphatic heterocycles. The number of amides is 1. The molecule has 2 heterocycles. The van der Waals surface area contributed by atoms with Gasteiger partial charge in [0.2, 0.25) is 0 Å². The number of anilines is 1. The number of hydrogen-bond acceptors (Lipinski definition) is 7. The lowest BCUT2D eigenvalue weighted by Crippen LogP contribution is -2.47. The minimum Gasteiger partial charge on any atom is -0.489 e. The molecule has 0 aliphatic carbocycles. The van der Waals surface area contributed by atoms with Crippen molar-refractivity contribution in [3.8, 4) is 5.75 Å². The number of nitro groups is 1. The van der Waals surface area contributed by atoms with E-state index in [0.717, 1.165) is 42.5 Å². The smallest absolute Gasteiger partial charge is 0.286 e. The lowest BCUT2D eigenvalue weighted by molar-refractivity contribution is -0.384. The number of nitro benzene ring substituents is 1. The van der Waals surface area contributed by atoms with Crippen LogP contribution in [0.2, 0.25) is 0 Å². The van der Waals surface area contributed by atoms with Gasteiger partial charge in [-0.15, -0.1) is 0 Å². The summed E-state index contributed by atoms with van der Waals surface area (Å²) in [5.41, 5.74) is 4.27. The van der Waals surface area contributed by atoms with Crippen LogP contribution in [0, 0.1) is 17.0 Å². The van der Waals surface area contributed by atoms with Crippen molar-refractivity contribution in [3.05, 3.63) is 105 Å². The number of carbonyl (C=O) groups is 1. The number of ether oxygens (including phenoxy) is 1. The molecule has 0 atom stereocenters. The molecule has 1 saturated heterocycles. The van der Waals surface area contributed by atoms with Crippen LogP contribution in [0.4, 0.5) is 11.4 Å². The predicted molar refractivity (Wildman–Crippen MR) is 147 cm³/mol. The molecule has 0 aromatic heterocycles. The van der Waals surface area contributed by atoms with E-state index >= 15 is 0 Å². The Morgan fingerprint density at radius 2 is 1.70 bits per heavy atom. The summed E-state index contributed by atoms with van der Waals surface area (Å²) >= 11 is 1.42. The topological polar surface area (TPSA) is 88.3 Å². The quantitative estimate of drug-likeness (QED) is 0.251. The van der Waals surface area contributed by atoms with Crippen LogP contribution >= 0.6 is 11.8 Å². The first-order chi connectivity index (χ1) is 17.9. The van der Waals surface area contributed by atoms with Crippen molar-refractivity contribution in [2.24, 2.45) is 4.99 Å². The van der Waals surface area contributed by atoms with Crippen LogP contribution in [-0.4, -0.2) is 47.1 Å². The first-order valence-corrected chi connectivity index (χ1v) is 12.8. The zero-order valence-electron chi connectivity index (χ0n) is 20.4. The van der Waals surface area contributed by atoms with Gasteiger partial charge in [-0.3, -0.25) is 14.9 Å². The van der Waals surface area contributed by atoms with E-state index in [9.17, 15) is 14.9 Å². The number of aliphatic imine (C=N–C) groups is 1. The lowest BCUT2D eigenvalue weighted by atomic mass is 10.2. The number of thioether (sulfide) groups is 1. The van der Waals surface area contributed by atoms with E-state index in [4.69, 9.17) is 4.74 Å². The summed E-state index contributed by atoms with van der Waals surface area (Å²) in [5, 5.41) is 11.5. The van der Waals surface area contributed by atoms with E-state index in [2.05, 4.69) is 46.0 Å². The first kappa shape index (κ1) is 24.6. The zero-order valence-corrected chi connectivity index (χ0v) is 21.2. The van der Waals surface area contributed by atoms with Crippen molar-refractivity contribution in [1.82, 2.24) is 4.90 Å². The molecule has 0 spiro atoms.